The average Bonchev–Trinajstić information content (AvgIpc) is 2.41. The van der Waals surface area contributed by atoms with Crippen molar-refractivity contribution in [2.75, 3.05) is 5.32 Å². The Morgan fingerprint density at radius 3 is 2.71 bits per heavy atom. The number of amides is 1. The SMILES string of the molecule is CC(C)Oc1ccc(NC(=O)c2ccnc(F)c2)cc1Cl. The maximum Gasteiger partial charge on any atom is 0.255 e. The van der Waals surface area contributed by atoms with Crippen molar-refractivity contribution in [2.24, 2.45) is 0 Å². The number of benzene rings is 1. The lowest BCUT2D eigenvalue weighted by Crippen LogP contribution is -2.12. The van der Waals surface area contributed by atoms with Gasteiger partial charge in [0.1, 0.15) is 5.75 Å². The summed E-state index contributed by atoms with van der Waals surface area (Å²) < 4.78 is 18.5. The van der Waals surface area contributed by atoms with Crippen LogP contribution >= 0.6 is 11.6 Å². The number of hydrogen-bond acceptors (Lipinski definition) is 3. The summed E-state index contributed by atoms with van der Waals surface area (Å²) in [4.78, 5) is 15.4. The molecule has 1 aromatic carbocycles. The summed E-state index contributed by atoms with van der Waals surface area (Å²) in [7, 11) is 0. The van der Waals surface area contributed by atoms with Gasteiger partial charge in [0.25, 0.3) is 5.91 Å². The van der Waals surface area contributed by atoms with Crippen LogP contribution in [0.1, 0.15) is 24.2 Å². The highest BCUT2D eigenvalue weighted by Crippen LogP contribution is 2.28. The van der Waals surface area contributed by atoms with Crippen LogP contribution < -0.4 is 10.1 Å². The molecule has 1 aromatic heterocycles. The molecule has 0 radical (unpaired) electrons. The van der Waals surface area contributed by atoms with Crippen molar-refractivity contribution < 1.29 is 13.9 Å². The zero-order valence-corrected chi connectivity index (χ0v) is 12.3. The molecule has 0 spiro atoms. The fraction of sp³-hybridized carbons (Fsp3) is 0.200. The topological polar surface area (TPSA) is 51.2 Å². The molecule has 4 nitrogen and oxygen atoms in total. The number of aromatic nitrogens is 1. The van der Waals surface area contributed by atoms with Crippen molar-refractivity contribution in [1.82, 2.24) is 4.98 Å². The second-order valence-electron chi connectivity index (χ2n) is 4.63. The molecule has 0 saturated carbocycles. The number of anilines is 1. The van der Waals surface area contributed by atoms with Crippen LogP contribution in [0, 0.1) is 5.95 Å². The molecular weight excluding hydrogens is 295 g/mol. The van der Waals surface area contributed by atoms with E-state index in [4.69, 9.17) is 16.3 Å². The van der Waals surface area contributed by atoms with E-state index >= 15 is 0 Å². The number of carbonyl (C=O) groups is 1. The quantitative estimate of drug-likeness (QED) is 0.871. The Hall–Kier alpha value is -2.14. The minimum absolute atomic E-state index is 0.00253. The molecule has 1 heterocycles. The minimum atomic E-state index is -0.707. The van der Waals surface area contributed by atoms with Gasteiger partial charge in [0.2, 0.25) is 5.95 Å². The lowest BCUT2D eigenvalue weighted by atomic mass is 10.2. The van der Waals surface area contributed by atoms with Gasteiger partial charge in [0, 0.05) is 23.5 Å². The molecule has 0 saturated heterocycles. The molecule has 1 amide bonds. The molecule has 0 aliphatic heterocycles. The van der Waals surface area contributed by atoms with Crippen molar-refractivity contribution >= 4 is 23.2 Å². The Bertz CT molecular complexity index is 662. The maximum atomic E-state index is 13.0. The van der Waals surface area contributed by atoms with E-state index in [1.807, 2.05) is 13.8 Å². The van der Waals surface area contributed by atoms with Gasteiger partial charge >= 0.3 is 0 Å². The number of ether oxygens (including phenoxy) is 1. The number of nitrogens with one attached hydrogen (secondary N) is 1. The zero-order valence-electron chi connectivity index (χ0n) is 11.6. The van der Waals surface area contributed by atoms with Crippen molar-refractivity contribution in [3.05, 3.63) is 53.1 Å². The minimum Gasteiger partial charge on any atom is -0.489 e. The first-order chi connectivity index (χ1) is 9.95. The molecule has 0 atom stereocenters. The third kappa shape index (κ3) is 4.16. The fourth-order valence-corrected chi connectivity index (χ4v) is 1.90. The highest BCUT2D eigenvalue weighted by Gasteiger charge is 2.10. The molecule has 2 rings (SSSR count). The molecule has 6 heteroatoms. The van der Waals surface area contributed by atoms with Crippen LogP contribution in [0.2, 0.25) is 5.02 Å². The summed E-state index contributed by atoms with van der Waals surface area (Å²) in [5, 5.41) is 3.02. The van der Waals surface area contributed by atoms with Gasteiger partial charge in [-0.15, -0.1) is 0 Å². The zero-order chi connectivity index (χ0) is 15.4. The van der Waals surface area contributed by atoms with Gasteiger partial charge in [-0.1, -0.05) is 11.6 Å². The predicted octanol–water partition coefficient (Wildman–Crippen LogP) is 3.91. The number of rotatable bonds is 4. The van der Waals surface area contributed by atoms with Crippen LogP contribution in [0.25, 0.3) is 0 Å². The van der Waals surface area contributed by atoms with E-state index in [2.05, 4.69) is 10.3 Å². The lowest BCUT2D eigenvalue weighted by Gasteiger charge is -2.12. The molecule has 0 fully saturated rings. The standard InChI is InChI=1S/C15H14ClFN2O2/c1-9(2)21-13-4-3-11(8-12(13)16)19-15(20)10-5-6-18-14(17)7-10/h3-9H,1-2H3,(H,19,20). The van der Waals surface area contributed by atoms with Crippen LogP contribution in [0.5, 0.6) is 5.75 Å². The van der Waals surface area contributed by atoms with Crippen LogP contribution in [0.3, 0.4) is 0 Å². The van der Waals surface area contributed by atoms with Crippen LogP contribution in [0.15, 0.2) is 36.5 Å². The Labute approximate surface area is 126 Å². The van der Waals surface area contributed by atoms with Crippen molar-refractivity contribution in [1.29, 1.82) is 0 Å². The van der Waals surface area contributed by atoms with Gasteiger partial charge in [-0.05, 0) is 38.1 Å². The van der Waals surface area contributed by atoms with Crippen LogP contribution in [-0.2, 0) is 0 Å². The predicted molar refractivity (Wildman–Crippen MR) is 79.4 cm³/mol. The summed E-state index contributed by atoms with van der Waals surface area (Å²) >= 11 is 6.08. The Balaban J connectivity index is 2.13. The van der Waals surface area contributed by atoms with E-state index in [-0.39, 0.29) is 11.7 Å². The van der Waals surface area contributed by atoms with E-state index in [0.29, 0.717) is 16.5 Å². The van der Waals surface area contributed by atoms with E-state index in [1.165, 1.54) is 12.3 Å². The second-order valence-corrected chi connectivity index (χ2v) is 5.04. The average molecular weight is 309 g/mol. The van der Waals surface area contributed by atoms with E-state index < -0.39 is 11.9 Å². The van der Waals surface area contributed by atoms with Crippen LogP contribution in [-0.4, -0.2) is 17.0 Å². The fourth-order valence-electron chi connectivity index (χ4n) is 1.68. The van der Waals surface area contributed by atoms with Crippen molar-refractivity contribution in [3.63, 3.8) is 0 Å². The largest absolute Gasteiger partial charge is 0.489 e. The highest BCUT2D eigenvalue weighted by atomic mass is 35.5. The van der Waals surface area contributed by atoms with Crippen molar-refractivity contribution in [2.45, 2.75) is 20.0 Å². The van der Waals surface area contributed by atoms with E-state index in [0.717, 1.165) is 6.07 Å². The normalized spacial score (nSPS) is 10.5. The molecule has 21 heavy (non-hydrogen) atoms. The van der Waals surface area contributed by atoms with E-state index in [1.54, 1.807) is 18.2 Å². The lowest BCUT2D eigenvalue weighted by molar-refractivity contribution is 0.102. The Morgan fingerprint density at radius 2 is 2.10 bits per heavy atom. The molecule has 1 N–H and O–H groups in total. The summed E-state index contributed by atoms with van der Waals surface area (Å²) in [6.45, 7) is 3.79. The van der Waals surface area contributed by atoms with Gasteiger partial charge in [-0.2, -0.15) is 4.39 Å². The number of halogens is 2. The first-order valence-corrected chi connectivity index (χ1v) is 6.72. The number of hydrogen-bond donors (Lipinski definition) is 1. The molecule has 2 aromatic rings. The van der Waals surface area contributed by atoms with E-state index in [9.17, 15) is 9.18 Å². The molecule has 0 unspecified atom stereocenters. The highest BCUT2D eigenvalue weighted by molar-refractivity contribution is 6.32. The first kappa shape index (κ1) is 15.3. The third-order valence-corrected chi connectivity index (χ3v) is 2.84. The smallest absolute Gasteiger partial charge is 0.255 e. The number of nitrogens with zero attached hydrogens (tertiary/aromatic N) is 1. The third-order valence-electron chi connectivity index (χ3n) is 2.54. The van der Waals surface area contributed by atoms with Gasteiger partial charge in [0.05, 0.1) is 11.1 Å². The molecule has 0 aliphatic rings. The summed E-state index contributed by atoms with van der Waals surface area (Å²) in [6.07, 6.45) is 1.24. The first-order valence-electron chi connectivity index (χ1n) is 6.35. The summed E-state index contributed by atoms with van der Waals surface area (Å²) in [5.74, 6) is -0.606. The molecular formula is C15H14ClFN2O2. The molecule has 0 aliphatic carbocycles. The number of pyridine rings is 1. The Morgan fingerprint density at radius 1 is 1.33 bits per heavy atom. The van der Waals surface area contributed by atoms with Crippen LogP contribution in [0.4, 0.5) is 10.1 Å². The number of carbonyl (C=O) groups excluding carboxylic acids is 1. The monoisotopic (exact) mass is 308 g/mol. The summed E-state index contributed by atoms with van der Waals surface area (Å²) in [6, 6.07) is 7.41. The summed E-state index contributed by atoms with van der Waals surface area (Å²) in [5.41, 5.74) is 0.680. The maximum absolute atomic E-state index is 13.0. The molecule has 110 valence electrons. The van der Waals surface area contributed by atoms with Gasteiger partial charge < -0.3 is 10.1 Å². The van der Waals surface area contributed by atoms with Gasteiger partial charge in [-0.3, -0.25) is 4.79 Å². The molecule has 0 bridgehead atoms. The van der Waals surface area contributed by atoms with Gasteiger partial charge in [0.15, 0.2) is 0 Å². The van der Waals surface area contributed by atoms with Gasteiger partial charge in [-0.25, -0.2) is 4.98 Å². The van der Waals surface area contributed by atoms with Crippen molar-refractivity contribution in [3.8, 4) is 5.75 Å². The Kier molecular flexibility index (Phi) is 4.75. The second kappa shape index (κ2) is 6.54.